The second-order valence-electron chi connectivity index (χ2n) is 12.4. The SMILES string of the molecule is Cc1ccc(N2CCC(C(=O)N3CCSCC3)CC2)cc1F.O=C(C1CCN(c2cccc(C(F)(F)F)c2)CC1)N1CCOCC1. The number of alkyl halides is 3. The first kappa shape index (κ1) is 34.3. The molecule has 0 bridgehead atoms. The van der Waals surface area contributed by atoms with E-state index in [2.05, 4.69) is 4.90 Å². The molecule has 0 spiro atoms. The summed E-state index contributed by atoms with van der Waals surface area (Å²) in [5.74, 6) is 2.57. The molecule has 0 unspecified atom stereocenters. The quantitative estimate of drug-likeness (QED) is 0.391. The van der Waals surface area contributed by atoms with Crippen LogP contribution in [0.5, 0.6) is 0 Å². The van der Waals surface area contributed by atoms with E-state index in [1.54, 1.807) is 19.1 Å². The Labute approximate surface area is 273 Å². The molecule has 252 valence electrons. The zero-order valence-electron chi connectivity index (χ0n) is 26.4. The van der Waals surface area contributed by atoms with Gasteiger partial charge in [-0.05, 0) is 68.5 Å². The molecule has 4 saturated heterocycles. The van der Waals surface area contributed by atoms with Gasteiger partial charge in [-0.25, -0.2) is 4.39 Å². The second-order valence-corrected chi connectivity index (χ2v) is 13.6. The van der Waals surface area contributed by atoms with E-state index in [4.69, 9.17) is 4.74 Å². The number of piperidine rings is 2. The van der Waals surface area contributed by atoms with Crippen LogP contribution in [-0.4, -0.2) is 98.7 Å². The van der Waals surface area contributed by atoms with Crippen LogP contribution in [0, 0.1) is 24.6 Å². The van der Waals surface area contributed by atoms with Gasteiger partial charge in [-0.15, -0.1) is 0 Å². The molecule has 4 heterocycles. The normalized spacial score (nSPS) is 20.3. The number of hydrogen-bond acceptors (Lipinski definition) is 6. The van der Waals surface area contributed by atoms with Gasteiger partial charge in [0.2, 0.25) is 11.8 Å². The van der Waals surface area contributed by atoms with Gasteiger partial charge in [0.1, 0.15) is 5.82 Å². The average molecular weight is 665 g/mol. The molecule has 0 radical (unpaired) electrons. The molecule has 0 saturated carbocycles. The van der Waals surface area contributed by atoms with Gasteiger partial charge in [0.25, 0.3) is 0 Å². The molecule has 2 aromatic rings. The lowest BCUT2D eigenvalue weighted by molar-refractivity contribution is -0.140. The summed E-state index contributed by atoms with van der Waals surface area (Å²) in [6, 6.07) is 10.8. The predicted molar refractivity (Wildman–Crippen MR) is 174 cm³/mol. The Bertz CT molecular complexity index is 1320. The Morgan fingerprint density at radius 3 is 1.78 bits per heavy atom. The van der Waals surface area contributed by atoms with E-state index in [0.29, 0.717) is 69.4 Å². The molecular formula is C34H44F4N4O3S. The van der Waals surface area contributed by atoms with E-state index in [1.807, 2.05) is 38.6 Å². The Hall–Kier alpha value is -2.99. The molecule has 2 amide bonds. The summed E-state index contributed by atoms with van der Waals surface area (Å²) in [7, 11) is 0. The largest absolute Gasteiger partial charge is 0.416 e. The first-order chi connectivity index (χ1) is 22.1. The van der Waals surface area contributed by atoms with E-state index >= 15 is 0 Å². The predicted octanol–water partition coefficient (Wildman–Crippen LogP) is 5.71. The number of hydrogen-bond donors (Lipinski definition) is 0. The number of halogens is 4. The first-order valence-electron chi connectivity index (χ1n) is 16.3. The van der Waals surface area contributed by atoms with Gasteiger partial charge in [-0.3, -0.25) is 9.59 Å². The summed E-state index contributed by atoms with van der Waals surface area (Å²) in [6.07, 6.45) is -1.24. The molecule has 12 heteroatoms. The Kier molecular flexibility index (Phi) is 11.7. The third-order valence-corrected chi connectivity index (χ3v) is 10.3. The van der Waals surface area contributed by atoms with Crippen molar-refractivity contribution >= 4 is 35.0 Å². The highest BCUT2D eigenvalue weighted by Crippen LogP contribution is 2.33. The Morgan fingerprint density at radius 1 is 0.739 bits per heavy atom. The topological polar surface area (TPSA) is 56.3 Å². The molecule has 2 aromatic carbocycles. The summed E-state index contributed by atoms with van der Waals surface area (Å²) in [5.41, 5.74) is 1.55. The number of rotatable bonds is 4. The number of ether oxygens (including phenoxy) is 1. The van der Waals surface area contributed by atoms with E-state index in [-0.39, 0.29) is 23.6 Å². The van der Waals surface area contributed by atoms with Crippen LogP contribution in [0.15, 0.2) is 42.5 Å². The summed E-state index contributed by atoms with van der Waals surface area (Å²) < 4.78 is 57.4. The molecule has 0 N–H and O–H groups in total. The van der Waals surface area contributed by atoms with Crippen molar-refractivity contribution in [2.24, 2.45) is 11.8 Å². The van der Waals surface area contributed by atoms with Crippen LogP contribution >= 0.6 is 11.8 Å². The van der Waals surface area contributed by atoms with E-state index < -0.39 is 11.7 Å². The van der Waals surface area contributed by atoms with Crippen molar-refractivity contribution < 1.29 is 31.9 Å². The lowest BCUT2D eigenvalue weighted by atomic mass is 9.94. The smallest absolute Gasteiger partial charge is 0.378 e. The van der Waals surface area contributed by atoms with Crippen LogP contribution in [0.4, 0.5) is 28.9 Å². The summed E-state index contributed by atoms with van der Waals surface area (Å²) >= 11 is 1.93. The van der Waals surface area contributed by atoms with Gasteiger partial charge in [0, 0.05) is 87.1 Å². The zero-order chi connectivity index (χ0) is 32.7. The average Bonchev–Trinajstić information content (AvgIpc) is 3.10. The third-order valence-electron chi connectivity index (χ3n) is 9.39. The number of morpholine rings is 1. The number of carbonyl (C=O) groups excluding carboxylic acids is 2. The Balaban J connectivity index is 0.000000182. The van der Waals surface area contributed by atoms with Crippen molar-refractivity contribution in [3.05, 3.63) is 59.4 Å². The van der Waals surface area contributed by atoms with Crippen molar-refractivity contribution in [2.45, 2.75) is 38.8 Å². The molecule has 4 aliphatic heterocycles. The highest BCUT2D eigenvalue weighted by Gasteiger charge is 2.33. The lowest BCUT2D eigenvalue weighted by Gasteiger charge is -2.36. The van der Waals surface area contributed by atoms with Crippen LogP contribution in [0.1, 0.15) is 36.8 Å². The highest BCUT2D eigenvalue weighted by molar-refractivity contribution is 7.99. The van der Waals surface area contributed by atoms with Crippen molar-refractivity contribution in [3.8, 4) is 0 Å². The lowest BCUT2D eigenvalue weighted by Crippen LogP contribution is -2.46. The van der Waals surface area contributed by atoms with Crippen LogP contribution in [0.2, 0.25) is 0 Å². The number of nitrogens with zero attached hydrogens (tertiary/aromatic N) is 4. The maximum absolute atomic E-state index is 13.7. The van der Waals surface area contributed by atoms with E-state index in [1.165, 1.54) is 12.1 Å². The monoisotopic (exact) mass is 664 g/mol. The maximum atomic E-state index is 13.7. The summed E-state index contributed by atoms with van der Waals surface area (Å²) in [5, 5.41) is 0. The number of anilines is 2. The molecule has 6 rings (SSSR count). The van der Waals surface area contributed by atoms with Crippen LogP contribution in [-0.2, 0) is 20.5 Å². The second kappa shape index (κ2) is 15.7. The fourth-order valence-corrected chi connectivity index (χ4v) is 7.41. The summed E-state index contributed by atoms with van der Waals surface area (Å²) in [6.45, 7) is 8.86. The fraction of sp³-hybridized carbons (Fsp3) is 0.588. The minimum atomic E-state index is -4.33. The van der Waals surface area contributed by atoms with Crippen molar-refractivity contribution in [2.75, 3.05) is 86.9 Å². The Morgan fingerprint density at radius 2 is 1.26 bits per heavy atom. The molecule has 7 nitrogen and oxygen atoms in total. The molecular weight excluding hydrogens is 620 g/mol. The molecule has 0 atom stereocenters. The first-order valence-corrected chi connectivity index (χ1v) is 17.4. The third kappa shape index (κ3) is 8.87. The van der Waals surface area contributed by atoms with Gasteiger partial charge >= 0.3 is 6.18 Å². The number of amides is 2. The van der Waals surface area contributed by atoms with Gasteiger partial charge < -0.3 is 24.3 Å². The number of carbonyl (C=O) groups is 2. The molecule has 4 fully saturated rings. The minimum absolute atomic E-state index is 0.0369. The van der Waals surface area contributed by atoms with Crippen LogP contribution in [0.25, 0.3) is 0 Å². The van der Waals surface area contributed by atoms with Crippen molar-refractivity contribution in [1.29, 1.82) is 0 Å². The van der Waals surface area contributed by atoms with E-state index in [0.717, 1.165) is 62.3 Å². The number of benzene rings is 2. The van der Waals surface area contributed by atoms with Crippen molar-refractivity contribution in [3.63, 3.8) is 0 Å². The van der Waals surface area contributed by atoms with Gasteiger partial charge in [-0.1, -0.05) is 12.1 Å². The fourth-order valence-electron chi connectivity index (χ4n) is 6.51. The maximum Gasteiger partial charge on any atom is 0.416 e. The van der Waals surface area contributed by atoms with E-state index in [9.17, 15) is 27.2 Å². The molecule has 0 aliphatic carbocycles. The minimum Gasteiger partial charge on any atom is -0.378 e. The zero-order valence-corrected chi connectivity index (χ0v) is 27.3. The van der Waals surface area contributed by atoms with Gasteiger partial charge in [-0.2, -0.15) is 24.9 Å². The molecule has 46 heavy (non-hydrogen) atoms. The number of thioether (sulfide) groups is 1. The standard InChI is InChI=1S/C17H21F3N2O2.C17H23FN2OS/c18-17(19,20)14-2-1-3-15(12-14)21-6-4-13(5-7-21)16(23)22-8-10-24-11-9-22;1-13-2-3-15(12-16(13)18)19-6-4-14(5-7-19)17(21)20-8-10-22-11-9-20/h1-3,12-13H,4-11H2;2-3,12,14H,4-11H2,1H3. The molecule has 4 aliphatic rings. The molecule has 0 aromatic heterocycles. The van der Waals surface area contributed by atoms with Gasteiger partial charge in [0.05, 0.1) is 18.8 Å². The van der Waals surface area contributed by atoms with Crippen molar-refractivity contribution in [1.82, 2.24) is 9.80 Å². The van der Waals surface area contributed by atoms with Crippen LogP contribution < -0.4 is 9.80 Å². The highest BCUT2D eigenvalue weighted by atomic mass is 32.2. The number of aryl methyl sites for hydroxylation is 1. The summed E-state index contributed by atoms with van der Waals surface area (Å²) in [4.78, 5) is 33.0. The van der Waals surface area contributed by atoms with Crippen LogP contribution in [0.3, 0.4) is 0 Å². The van der Waals surface area contributed by atoms with Gasteiger partial charge in [0.15, 0.2) is 0 Å².